The zero-order valence-electron chi connectivity index (χ0n) is 15.7. The van der Waals surface area contributed by atoms with Gasteiger partial charge in [0.15, 0.2) is 0 Å². The Labute approximate surface area is 160 Å². The van der Waals surface area contributed by atoms with Crippen molar-refractivity contribution in [1.29, 1.82) is 0 Å². The lowest BCUT2D eigenvalue weighted by atomic mass is 10.2. The molecule has 1 aromatic heterocycles. The molecule has 1 atom stereocenters. The molecule has 0 saturated carbocycles. The number of amides is 1. The van der Waals surface area contributed by atoms with E-state index >= 15 is 0 Å². The monoisotopic (exact) mass is 376 g/mol. The van der Waals surface area contributed by atoms with E-state index < -0.39 is 0 Å². The molecule has 0 bridgehead atoms. The van der Waals surface area contributed by atoms with Crippen molar-refractivity contribution >= 4 is 17.7 Å². The summed E-state index contributed by atoms with van der Waals surface area (Å²) in [6, 6.07) is 11.7. The minimum Gasteiger partial charge on any atom is -0.494 e. The van der Waals surface area contributed by atoms with Gasteiger partial charge in [0, 0.05) is 11.4 Å². The van der Waals surface area contributed by atoms with Gasteiger partial charge in [-0.1, -0.05) is 13.8 Å². The fourth-order valence-electron chi connectivity index (χ4n) is 2.76. The van der Waals surface area contributed by atoms with Crippen LogP contribution in [0.2, 0.25) is 0 Å². The van der Waals surface area contributed by atoms with Crippen LogP contribution in [0.1, 0.15) is 32.6 Å². The number of nitrogens with one attached hydrogen (secondary N) is 1. The molecule has 2 rings (SSSR count). The fraction of sp³-hybridized carbons (Fsp3) is 0.450. The SMILES string of the molecule is CCOc1ccc(SCC(=O)NCC(c2ccco2)N(CC)CC)cc1. The highest BCUT2D eigenvalue weighted by molar-refractivity contribution is 8.00. The largest absolute Gasteiger partial charge is 0.494 e. The Balaban J connectivity index is 1.84. The van der Waals surface area contributed by atoms with Crippen LogP contribution in [-0.2, 0) is 4.79 Å². The molecular formula is C20H28N2O3S. The summed E-state index contributed by atoms with van der Waals surface area (Å²) < 4.78 is 11.0. The number of nitrogens with zero attached hydrogens (tertiary/aromatic N) is 1. The van der Waals surface area contributed by atoms with Crippen LogP contribution in [0.3, 0.4) is 0 Å². The van der Waals surface area contributed by atoms with Crippen LogP contribution in [0.4, 0.5) is 0 Å². The first-order valence-corrected chi connectivity index (χ1v) is 10.1. The van der Waals surface area contributed by atoms with Crippen molar-refractivity contribution < 1.29 is 13.9 Å². The van der Waals surface area contributed by atoms with Crippen LogP contribution in [0.15, 0.2) is 52.0 Å². The summed E-state index contributed by atoms with van der Waals surface area (Å²) in [6.45, 7) is 9.18. The van der Waals surface area contributed by atoms with E-state index in [-0.39, 0.29) is 11.9 Å². The molecule has 2 aromatic rings. The van der Waals surface area contributed by atoms with Gasteiger partial charge in [-0.2, -0.15) is 0 Å². The summed E-state index contributed by atoms with van der Waals surface area (Å²) in [6.07, 6.45) is 1.68. The van der Waals surface area contributed by atoms with E-state index in [1.807, 2.05) is 43.3 Å². The second-order valence-corrected chi connectivity index (χ2v) is 6.80. The molecule has 0 aliphatic rings. The van der Waals surface area contributed by atoms with Crippen molar-refractivity contribution in [3.05, 3.63) is 48.4 Å². The Morgan fingerprint density at radius 3 is 2.50 bits per heavy atom. The van der Waals surface area contributed by atoms with Gasteiger partial charge in [0.2, 0.25) is 5.91 Å². The quantitative estimate of drug-likeness (QED) is 0.602. The lowest BCUT2D eigenvalue weighted by molar-refractivity contribution is -0.118. The molecule has 0 aliphatic heterocycles. The summed E-state index contributed by atoms with van der Waals surface area (Å²) in [5, 5.41) is 3.04. The zero-order valence-corrected chi connectivity index (χ0v) is 16.6. The Bertz CT molecular complexity index is 640. The predicted molar refractivity (Wildman–Crippen MR) is 106 cm³/mol. The van der Waals surface area contributed by atoms with Crippen LogP contribution >= 0.6 is 11.8 Å². The maximum absolute atomic E-state index is 12.3. The lowest BCUT2D eigenvalue weighted by Crippen LogP contribution is -2.38. The van der Waals surface area contributed by atoms with Crippen LogP contribution in [0.25, 0.3) is 0 Å². The number of furan rings is 1. The van der Waals surface area contributed by atoms with Gasteiger partial charge in [-0.15, -0.1) is 11.8 Å². The molecule has 0 fully saturated rings. The minimum atomic E-state index is 0.0209. The Hall–Kier alpha value is -1.92. The number of likely N-dealkylation sites (N-methyl/N-ethyl adjacent to an activating group) is 1. The van der Waals surface area contributed by atoms with Crippen molar-refractivity contribution in [2.24, 2.45) is 0 Å². The third-order valence-electron chi connectivity index (χ3n) is 4.12. The van der Waals surface area contributed by atoms with E-state index in [1.54, 1.807) is 6.26 Å². The van der Waals surface area contributed by atoms with Crippen LogP contribution in [0, 0.1) is 0 Å². The summed E-state index contributed by atoms with van der Waals surface area (Å²) in [5.41, 5.74) is 0. The number of hydrogen-bond donors (Lipinski definition) is 1. The second kappa shape index (κ2) is 10.9. The average molecular weight is 377 g/mol. The van der Waals surface area contributed by atoms with Gasteiger partial charge >= 0.3 is 0 Å². The Morgan fingerprint density at radius 2 is 1.92 bits per heavy atom. The van der Waals surface area contributed by atoms with E-state index in [0.29, 0.717) is 18.9 Å². The maximum Gasteiger partial charge on any atom is 0.230 e. The lowest BCUT2D eigenvalue weighted by Gasteiger charge is -2.28. The summed E-state index contributed by atoms with van der Waals surface area (Å²) >= 11 is 1.52. The number of benzene rings is 1. The molecule has 1 amide bonds. The molecule has 142 valence electrons. The highest BCUT2D eigenvalue weighted by atomic mass is 32.2. The summed E-state index contributed by atoms with van der Waals surface area (Å²) in [5.74, 6) is 2.14. The van der Waals surface area contributed by atoms with E-state index in [9.17, 15) is 4.79 Å². The average Bonchev–Trinajstić information content (AvgIpc) is 3.19. The standard InChI is InChI=1S/C20H28N2O3S/c1-4-22(5-2)18(19-8-7-13-25-19)14-21-20(23)15-26-17-11-9-16(10-12-17)24-6-3/h7-13,18H,4-6,14-15H2,1-3H3,(H,21,23). The third kappa shape index (κ3) is 6.11. The van der Waals surface area contributed by atoms with Crippen molar-refractivity contribution in [2.75, 3.05) is 32.0 Å². The normalized spacial score (nSPS) is 12.2. The van der Waals surface area contributed by atoms with Crippen LogP contribution in [-0.4, -0.2) is 42.8 Å². The topological polar surface area (TPSA) is 54.7 Å². The Morgan fingerprint density at radius 1 is 1.19 bits per heavy atom. The summed E-state index contributed by atoms with van der Waals surface area (Å²) in [4.78, 5) is 15.6. The molecule has 1 aromatic carbocycles. The van der Waals surface area contributed by atoms with Crippen molar-refractivity contribution in [1.82, 2.24) is 10.2 Å². The fourth-order valence-corrected chi connectivity index (χ4v) is 3.49. The molecule has 0 spiro atoms. The van der Waals surface area contributed by atoms with Gasteiger partial charge in [0.1, 0.15) is 11.5 Å². The Kier molecular flexibility index (Phi) is 8.58. The van der Waals surface area contributed by atoms with Crippen molar-refractivity contribution in [3.63, 3.8) is 0 Å². The smallest absolute Gasteiger partial charge is 0.230 e. The molecule has 0 aliphatic carbocycles. The number of hydrogen-bond acceptors (Lipinski definition) is 5. The minimum absolute atomic E-state index is 0.0209. The van der Waals surface area contributed by atoms with Gasteiger partial charge in [-0.3, -0.25) is 9.69 Å². The highest BCUT2D eigenvalue weighted by Gasteiger charge is 2.21. The van der Waals surface area contributed by atoms with E-state index in [4.69, 9.17) is 9.15 Å². The van der Waals surface area contributed by atoms with Crippen molar-refractivity contribution in [3.8, 4) is 5.75 Å². The summed E-state index contributed by atoms with van der Waals surface area (Å²) in [7, 11) is 0. The first kappa shape index (κ1) is 20.4. The second-order valence-electron chi connectivity index (χ2n) is 5.75. The molecule has 5 nitrogen and oxygen atoms in total. The van der Waals surface area contributed by atoms with Gasteiger partial charge in [-0.05, 0) is 56.4 Å². The molecule has 1 heterocycles. The number of rotatable bonds is 11. The van der Waals surface area contributed by atoms with E-state index in [0.717, 1.165) is 29.5 Å². The number of carbonyl (C=O) groups excluding carboxylic acids is 1. The maximum atomic E-state index is 12.3. The third-order valence-corrected chi connectivity index (χ3v) is 5.13. The molecule has 26 heavy (non-hydrogen) atoms. The number of ether oxygens (including phenoxy) is 1. The molecule has 1 N–H and O–H groups in total. The number of carbonyl (C=O) groups is 1. The van der Waals surface area contributed by atoms with Crippen LogP contribution < -0.4 is 10.1 Å². The van der Waals surface area contributed by atoms with Gasteiger partial charge < -0.3 is 14.5 Å². The van der Waals surface area contributed by atoms with Gasteiger partial charge in [0.05, 0.1) is 24.7 Å². The molecule has 0 radical (unpaired) electrons. The molecule has 6 heteroatoms. The first-order chi connectivity index (χ1) is 12.7. The van der Waals surface area contributed by atoms with E-state index in [2.05, 4.69) is 24.1 Å². The van der Waals surface area contributed by atoms with Crippen LogP contribution in [0.5, 0.6) is 5.75 Å². The molecule has 0 saturated heterocycles. The molecular weight excluding hydrogens is 348 g/mol. The highest BCUT2D eigenvalue weighted by Crippen LogP contribution is 2.22. The molecule has 1 unspecified atom stereocenters. The van der Waals surface area contributed by atoms with E-state index in [1.165, 1.54) is 11.8 Å². The zero-order chi connectivity index (χ0) is 18.8. The van der Waals surface area contributed by atoms with Gasteiger partial charge in [0.25, 0.3) is 0 Å². The first-order valence-electron chi connectivity index (χ1n) is 9.07. The van der Waals surface area contributed by atoms with Gasteiger partial charge in [-0.25, -0.2) is 0 Å². The number of thioether (sulfide) groups is 1. The predicted octanol–water partition coefficient (Wildman–Crippen LogP) is 3.97. The van der Waals surface area contributed by atoms with Crippen molar-refractivity contribution in [2.45, 2.75) is 31.7 Å².